The predicted molar refractivity (Wildman–Crippen MR) is 75.5 cm³/mol. The molecule has 2 aliphatic carbocycles. The molecular formula is C15H17BrO3. The summed E-state index contributed by atoms with van der Waals surface area (Å²) >= 11 is 3.45. The number of hydrogen-bond acceptors (Lipinski definition) is 2. The average Bonchev–Trinajstić information content (AvgIpc) is 3.07. The van der Waals surface area contributed by atoms with Gasteiger partial charge in [-0.1, -0.05) is 22.4 Å². The SMILES string of the molecule is O=C(O)C1(c2cc(Br)cc(OCC3CCC3)c2)CC1. The zero-order valence-electron chi connectivity index (χ0n) is 10.7. The largest absolute Gasteiger partial charge is 0.493 e. The highest BCUT2D eigenvalue weighted by Crippen LogP contribution is 2.49. The fraction of sp³-hybridized carbons (Fsp3) is 0.533. The monoisotopic (exact) mass is 324 g/mol. The summed E-state index contributed by atoms with van der Waals surface area (Å²) in [6, 6.07) is 5.71. The van der Waals surface area contributed by atoms with E-state index in [0.29, 0.717) is 5.92 Å². The van der Waals surface area contributed by atoms with Gasteiger partial charge in [-0.2, -0.15) is 0 Å². The van der Waals surface area contributed by atoms with Gasteiger partial charge >= 0.3 is 5.97 Å². The molecule has 3 rings (SSSR count). The standard InChI is InChI=1S/C15H17BrO3/c16-12-6-11(15(4-5-15)14(17)18)7-13(8-12)19-9-10-2-1-3-10/h6-8,10H,1-5,9H2,(H,17,18). The van der Waals surface area contributed by atoms with Gasteiger partial charge in [0.05, 0.1) is 12.0 Å². The van der Waals surface area contributed by atoms with E-state index >= 15 is 0 Å². The first-order valence-electron chi connectivity index (χ1n) is 6.77. The molecule has 102 valence electrons. The van der Waals surface area contributed by atoms with Crippen LogP contribution in [0.15, 0.2) is 22.7 Å². The normalized spacial score (nSPS) is 20.7. The molecule has 1 aromatic rings. The maximum absolute atomic E-state index is 11.4. The van der Waals surface area contributed by atoms with E-state index in [1.54, 1.807) is 0 Å². The Balaban J connectivity index is 1.77. The summed E-state index contributed by atoms with van der Waals surface area (Å²) in [7, 11) is 0. The maximum Gasteiger partial charge on any atom is 0.314 e. The third kappa shape index (κ3) is 2.50. The van der Waals surface area contributed by atoms with E-state index in [9.17, 15) is 9.90 Å². The van der Waals surface area contributed by atoms with Crippen molar-refractivity contribution in [2.24, 2.45) is 5.92 Å². The molecule has 3 nitrogen and oxygen atoms in total. The zero-order valence-corrected chi connectivity index (χ0v) is 12.3. The van der Waals surface area contributed by atoms with Crippen molar-refractivity contribution in [1.29, 1.82) is 0 Å². The first-order chi connectivity index (χ1) is 9.10. The van der Waals surface area contributed by atoms with E-state index in [2.05, 4.69) is 15.9 Å². The second-order valence-electron chi connectivity index (χ2n) is 5.67. The van der Waals surface area contributed by atoms with Crippen molar-refractivity contribution in [2.75, 3.05) is 6.61 Å². The Kier molecular flexibility index (Phi) is 3.29. The van der Waals surface area contributed by atoms with Crippen LogP contribution in [0.2, 0.25) is 0 Å². The molecule has 1 N–H and O–H groups in total. The average molecular weight is 325 g/mol. The topological polar surface area (TPSA) is 46.5 Å². The molecular weight excluding hydrogens is 308 g/mol. The Bertz CT molecular complexity index is 504. The van der Waals surface area contributed by atoms with Crippen LogP contribution in [0, 0.1) is 5.92 Å². The fourth-order valence-electron chi connectivity index (χ4n) is 2.55. The minimum absolute atomic E-state index is 0.668. The molecule has 1 aromatic carbocycles. The van der Waals surface area contributed by atoms with E-state index in [4.69, 9.17) is 4.74 Å². The smallest absolute Gasteiger partial charge is 0.314 e. The van der Waals surface area contributed by atoms with E-state index in [-0.39, 0.29) is 0 Å². The van der Waals surface area contributed by atoms with Crippen molar-refractivity contribution in [3.8, 4) is 5.75 Å². The minimum atomic E-state index is -0.726. The predicted octanol–water partition coefficient (Wildman–Crippen LogP) is 3.74. The van der Waals surface area contributed by atoms with Crippen LogP contribution in [0.3, 0.4) is 0 Å². The summed E-state index contributed by atoms with van der Waals surface area (Å²) in [4.78, 5) is 11.4. The van der Waals surface area contributed by atoms with Crippen molar-refractivity contribution in [3.05, 3.63) is 28.2 Å². The number of carbonyl (C=O) groups is 1. The molecule has 0 bridgehead atoms. The lowest BCUT2D eigenvalue weighted by molar-refractivity contribution is -0.140. The number of carboxylic acids is 1. The van der Waals surface area contributed by atoms with Crippen molar-refractivity contribution < 1.29 is 14.6 Å². The van der Waals surface area contributed by atoms with Gasteiger partial charge < -0.3 is 9.84 Å². The van der Waals surface area contributed by atoms with Crippen molar-refractivity contribution in [3.63, 3.8) is 0 Å². The van der Waals surface area contributed by atoms with Gasteiger partial charge in [0.15, 0.2) is 0 Å². The molecule has 0 heterocycles. The lowest BCUT2D eigenvalue weighted by Gasteiger charge is -2.25. The van der Waals surface area contributed by atoms with E-state index in [0.717, 1.165) is 35.2 Å². The van der Waals surface area contributed by atoms with Gasteiger partial charge in [0, 0.05) is 4.47 Å². The van der Waals surface area contributed by atoms with Crippen LogP contribution < -0.4 is 4.74 Å². The highest BCUT2D eigenvalue weighted by Gasteiger charge is 2.52. The Hall–Kier alpha value is -1.03. The molecule has 0 radical (unpaired) electrons. The molecule has 0 unspecified atom stereocenters. The Morgan fingerprint density at radius 2 is 2.11 bits per heavy atom. The second kappa shape index (κ2) is 4.82. The highest BCUT2D eigenvalue weighted by atomic mass is 79.9. The summed E-state index contributed by atoms with van der Waals surface area (Å²) in [5.41, 5.74) is 0.191. The molecule has 0 aliphatic heterocycles. The second-order valence-corrected chi connectivity index (χ2v) is 6.59. The lowest BCUT2D eigenvalue weighted by Crippen LogP contribution is -2.21. The Morgan fingerprint density at radius 1 is 1.37 bits per heavy atom. The Morgan fingerprint density at radius 3 is 2.63 bits per heavy atom. The Labute approximate surface area is 121 Å². The first-order valence-corrected chi connectivity index (χ1v) is 7.57. The van der Waals surface area contributed by atoms with Crippen LogP contribution in [0.1, 0.15) is 37.7 Å². The van der Waals surface area contributed by atoms with E-state index in [1.807, 2.05) is 18.2 Å². The first kappa shape index (κ1) is 13.0. The number of rotatable bonds is 5. The molecule has 0 aromatic heterocycles. The quantitative estimate of drug-likeness (QED) is 0.897. The van der Waals surface area contributed by atoms with Crippen LogP contribution in [0.25, 0.3) is 0 Å². The van der Waals surface area contributed by atoms with Gasteiger partial charge in [-0.25, -0.2) is 0 Å². The van der Waals surface area contributed by atoms with Crippen molar-refractivity contribution >= 4 is 21.9 Å². The molecule has 0 spiro atoms. The molecule has 0 saturated heterocycles. The van der Waals surface area contributed by atoms with Gasteiger partial charge in [0.1, 0.15) is 5.75 Å². The molecule has 2 saturated carbocycles. The van der Waals surface area contributed by atoms with Crippen LogP contribution >= 0.6 is 15.9 Å². The third-order valence-corrected chi connectivity index (χ3v) is 4.75. The number of hydrogen-bond donors (Lipinski definition) is 1. The summed E-state index contributed by atoms with van der Waals surface area (Å²) in [6.45, 7) is 0.746. The highest BCUT2D eigenvalue weighted by molar-refractivity contribution is 9.10. The number of aliphatic carboxylic acids is 1. The van der Waals surface area contributed by atoms with Crippen LogP contribution in [0.5, 0.6) is 5.75 Å². The third-order valence-electron chi connectivity index (χ3n) is 4.29. The summed E-state index contributed by atoms with van der Waals surface area (Å²) in [5.74, 6) is 0.733. The van der Waals surface area contributed by atoms with Gasteiger partial charge in [-0.05, 0) is 55.4 Å². The summed E-state index contributed by atoms with van der Waals surface area (Å²) in [5, 5.41) is 9.35. The van der Waals surface area contributed by atoms with Gasteiger partial charge in [0.2, 0.25) is 0 Å². The number of benzene rings is 1. The molecule has 2 aliphatic rings. The van der Waals surface area contributed by atoms with Crippen LogP contribution in [0.4, 0.5) is 0 Å². The molecule has 0 atom stereocenters. The number of halogens is 1. The molecule has 0 amide bonds. The van der Waals surface area contributed by atoms with Crippen LogP contribution in [-0.4, -0.2) is 17.7 Å². The number of ether oxygens (including phenoxy) is 1. The van der Waals surface area contributed by atoms with Gasteiger partial charge in [-0.3, -0.25) is 4.79 Å². The summed E-state index contributed by atoms with van der Waals surface area (Å²) < 4.78 is 6.70. The van der Waals surface area contributed by atoms with Crippen LogP contribution in [-0.2, 0) is 10.2 Å². The lowest BCUT2D eigenvalue weighted by atomic mass is 9.86. The van der Waals surface area contributed by atoms with Crippen molar-refractivity contribution in [2.45, 2.75) is 37.5 Å². The van der Waals surface area contributed by atoms with E-state index in [1.165, 1.54) is 19.3 Å². The summed E-state index contributed by atoms with van der Waals surface area (Å²) in [6.07, 6.45) is 5.25. The number of carboxylic acid groups (broad SMARTS) is 1. The van der Waals surface area contributed by atoms with Crippen molar-refractivity contribution in [1.82, 2.24) is 0 Å². The minimum Gasteiger partial charge on any atom is -0.493 e. The zero-order chi connectivity index (χ0) is 13.5. The maximum atomic E-state index is 11.4. The molecule has 2 fully saturated rings. The van der Waals surface area contributed by atoms with E-state index < -0.39 is 11.4 Å². The molecule has 4 heteroatoms. The van der Waals surface area contributed by atoms with Gasteiger partial charge in [-0.15, -0.1) is 0 Å². The van der Waals surface area contributed by atoms with Gasteiger partial charge in [0.25, 0.3) is 0 Å². The molecule has 19 heavy (non-hydrogen) atoms. The fourth-order valence-corrected chi connectivity index (χ4v) is 3.02.